The van der Waals surface area contributed by atoms with Crippen LogP contribution < -0.4 is 5.73 Å². The van der Waals surface area contributed by atoms with E-state index in [4.69, 9.17) is 20.9 Å². The molecule has 16 heavy (non-hydrogen) atoms. The molecule has 1 saturated carbocycles. The third kappa shape index (κ3) is 2.94. The summed E-state index contributed by atoms with van der Waals surface area (Å²) in [5.41, 5.74) is 4.07. The maximum absolute atomic E-state index is 11.0. The van der Waals surface area contributed by atoms with Crippen molar-refractivity contribution < 1.29 is 25.1 Å². The molecule has 1 fully saturated rings. The maximum Gasteiger partial charge on any atom is 0.451 e. The summed E-state index contributed by atoms with van der Waals surface area (Å²) in [4.78, 5) is 11.0. The van der Waals surface area contributed by atoms with E-state index < -0.39 is 24.7 Å². The normalized spacial score (nSPS) is 34.8. The molecule has 0 aromatic heterocycles. The van der Waals surface area contributed by atoms with Gasteiger partial charge in [-0.05, 0) is 31.5 Å². The fraction of sp³-hybridized carbons (Fsp3) is 0.889. The molecule has 1 rings (SSSR count). The standard InChI is InChI=1S/C9H18BNO5/c11-9(8(13)14)5-6(1-2-7(9)12)3-4-10(15)16/h6-7,12,15-16H,1-5,11H2,(H,13,14)/t6-,7?,9?/m0/s1. The summed E-state index contributed by atoms with van der Waals surface area (Å²) in [7, 11) is -1.37. The summed E-state index contributed by atoms with van der Waals surface area (Å²) in [5, 5.41) is 36.0. The Hall–Kier alpha value is -0.625. The van der Waals surface area contributed by atoms with Crippen LogP contribution in [0.3, 0.4) is 0 Å². The number of carboxylic acid groups (broad SMARTS) is 1. The third-order valence-corrected chi connectivity index (χ3v) is 3.30. The molecule has 6 nitrogen and oxygen atoms in total. The van der Waals surface area contributed by atoms with Crippen molar-refractivity contribution in [3.8, 4) is 0 Å². The van der Waals surface area contributed by atoms with E-state index in [0.717, 1.165) is 0 Å². The van der Waals surface area contributed by atoms with E-state index in [0.29, 0.717) is 19.3 Å². The van der Waals surface area contributed by atoms with Crippen molar-refractivity contribution >= 4 is 13.1 Å². The van der Waals surface area contributed by atoms with Crippen molar-refractivity contribution in [1.29, 1.82) is 0 Å². The van der Waals surface area contributed by atoms with Crippen LogP contribution in [0.4, 0.5) is 0 Å². The van der Waals surface area contributed by atoms with Gasteiger partial charge in [-0.3, -0.25) is 4.79 Å². The summed E-state index contributed by atoms with van der Waals surface area (Å²) >= 11 is 0. The number of rotatable bonds is 4. The number of carboxylic acids is 1. The average molecular weight is 231 g/mol. The van der Waals surface area contributed by atoms with Crippen molar-refractivity contribution in [3.05, 3.63) is 0 Å². The molecule has 0 spiro atoms. The first-order valence-corrected chi connectivity index (χ1v) is 5.42. The fourth-order valence-corrected chi connectivity index (χ4v) is 2.23. The Morgan fingerprint density at radius 2 is 2.06 bits per heavy atom. The highest BCUT2D eigenvalue weighted by molar-refractivity contribution is 6.40. The number of hydrogen-bond acceptors (Lipinski definition) is 5. The minimum Gasteiger partial charge on any atom is -0.480 e. The molecule has 0 aromatic carbocycles. The number of aliphatic hydroxyl groups is 1. The topological polar surface area (TPSA) is 124 Å². The van der Waals surface area contributed by atoms with Crippen molar-refractivity contribution in [2.75, 3.05) is 0 Å². The van der Waals surface area contributed by atoms with Crippen LogP contribution in [0.1, 0.15) is 25.7 Å². The first kappa shape index (κ1) is 13.4. The van der Waals surface area contributed by atoms with Crippen molar-refractivity contribution in [3.63, 3.8) is 0 Å². The van der Waals surface area contributed by atoms with Crippen LogP contribution >= 0.6 is 0 Å². The Labute approximate surface area is 94.2 Å². The second kappa shape index (κ2) is 5.14. The van der Waals surface area contributed by atoms with Gasteiger partial charge < -0.3 is 26.0 Å². The highest BCUT2D eigenvalue weighted by Gasteiger charge is 2.46. The highest BCUT2D eigenvalue weighted by Crippen LogP contribution is 2.34. The lowest BCUT2D eigenvalue weighted by Gasteiger charge is -2.38. The van der Waals surface area contributed by atoms with Crippen molar-refractivity contribution in [2.24, 2.45) is 11.7 Å². The number of aliphatic carboxylic acids is 1. The van der Waals surface area contributed by atoms with Crippen LogP contribution in [-0.2, 0) is 4.79 Å². The van der Waals surface area contributed by atoms with Crippen LogP contribution in [0.2, 0.25) is 6.32 Å². The number of aliphatic hydroxyl groups excluding tert-OH is 1. The van der Waals surface area contributed by atoms with E-state index in [-0.39, 0.29) is 18.7 Å². The summed E-state index contributed by atoms with van der Waals surface area (Å²) in [6.07, 6.45) is 0.874. The third-order valence-electron chi connectivity index (χ3n) is 3.30. The highest BCUT2D eigenvalue weighted by atomic mass is 16.4. The smallest absolute Gasteiger partial charge is 0.451 e. The first-order chi connectivity index (χ1) is 7.36. The van der Waals surface area contributed by atoms with Crippen LogP contribution in [0, 0.1) is 5.92 Å². The fourth-order valence-electron chi connectivity index (χ4n) is 2.23. The maximum atomic E-state index is 11.0. The van der Waals surface area contributed by atoms with E-state index in [1.165, 1.54) is 0 Å². The quantitative estimate of drug-likeness (QED) is 0.387. The number of nitrogens with two attached hydrogens (primary N) is 1. The van der Waals surface area contributed by atoms with E-state index >= 15 is 0 Å². The van der Waals surface area contributed by atoms with E-state index in [2.05, 4.69) is 0 Å². The lowest BCUT2D eigenvalue weighted by atomic mass is 9.70. The zero-order valence-electron chi connectivity index (χ0n) is 9.04. The summed E-state index contributed by atoms with van der Waals surface area (Å²) in [5.74, 6) is -1.18. The minimum atomic E-state index is -1.59. The van der Waals surface area contributed by atoms with E-state index in [1.807, 2.05) is 0 Å². The second-order valence-electron chi connectivity index (χ2n) is 4.57. The van der Waals surface area contributed by atoms with Crippen LogP contribution in [0.15, 0.2) is 0 Å². The monoisotopic (exact) mass is 231 g/mol. The zero-order chi connectivity index (χ0) is 12.3. The summed E-state index contributed by atoms with van der Waals surface area (Å²) < 4.78 is 0. The molecule has 3 atom stereocenters. The van der Waals surface area contributed by atoms with Crippen molar-refractivity contribution in [2.45, 2.75) is 43.6 Å². The number of carbonyl (C=O) groups is 1. The molecule has 1 aliphatic carbocycles. The van der Waals surface area contributed by atoms with Gasteiger partial charge in [0.25, 0.3) is 0 Å². The van der Waals surface area contributed by atoms with Crippen LogP contribution in [-0.4, -0.2) is 45.0 Å². The zero-order valence-corrected chi connectivity index (χ0v) is 9.04. The molecule has 0 saturated heterocycles. The molecule has 0 amide bonds. The van der Waals surface area contributed by atoms with Gasteiger partial charge in [-0.2, -0.15) is 0 Å². The Balaban J connectivity index is 2.57. The predicted octanol–water partition coefficient (Wildman–Crippen LogP) is -1.21. The number of hydrogen-bond donors (Lipinski definition) is 5. The largest absolute Gasteiger partial charge is 0.480 e. The Bertz CT molecular complexity index is 262. The van der Waals surface area contributed by atoms with Crippen LogP contribution in [0.5, 0.6) is 0 Å². The molecule has 6 N–H and O–H groups in total. The Morgan fingerprint density at radius 3 is 2.56 bits per heavy atom. The molecule has 0 aliphatic heterocycles. The molecule has 0 aromatic rings. The van der Waals surface area contributed by atoms with Crippen LogP contribution in [0.25, 0.3) is 0 Å². The SMILES string of the molecule is NC1(C(=O)O)C[C@H](CCB(O)O)CCC1O. The summed E-state index contributed by atoms with van der Waals surface area (Å²) in [6.45, 7) is 0. The summed E-state index contributed by atoms with van der Waals surface area (Å²) in [6, 6.07) is 0. The van der Waals surface area contributed by atoms with Gasteiger partial charge in [0, 0.05) is 0 Å². The molecule has 1 aliphatic rings. The average Bonchev–Trinajstić information content (AvgIpc) is 2.19. The Kier molecular flexibility index (Phi) is 4.31. The van der Waals surface area contributed by atoms with Gasteiger partial charge >= 0.3 is 13.1 Å². The minimum absolute atomic E-state index is 0.0197. The molecular weight excluding hydrogens is 213 g/mol. The molecule has 0 bridgehead atoms. The van der Waals surface area contributed by atoms with Gasteiger partial charge in [0.1, 0.15) is 5.54 Å². The lowest BCUT2D eigenvalue weighted by Crippen LogP contribution is -2.60. The van der Waals surface area contributed by atoms with Gasteiger partial charge in [0.2, 0.25) is 0 Å². The van der Waals surface area contributed by atoms with Gasteiger partial charge in [0.05, 0.1) is 6.10 Å². The second-order valence-corrected chi connectivity index (χ2v) is 4.57. The van der Waals surface area contributed by atoms with Gasteiger partial charge in [-0.25, -0.2) is 0 Å². The van der Waals surface area contributed by atoms with Crippen molar-refractivity contribution in [1.82, 2.24) is 0 Å². The predicted molar refractivity (Wildman–Crippen MR) is 57.5 cm³/mol. The molecule has 0 radical (unpaired) electrons. The molecule has 2 unspecified atom stereocenters. The Morgan fingerprint density at radius 1 is 1.44 bits per heavy atom. The van der Waals surface area contributed by atoms with Gasteiger partial charge in [0.15, 0.2) is 0 Å². The molecule has 0 heterocycles. The van der Waals surface area contributed by atoms with E-state index in [9.17, 15) is 9.90 Å². The molecule has 92 valence electrons. The van der Waals surface area contributed by atoms with E-state index in [1.54, 1.807) is 0 Å². The molecular formula is C9H18BNO5. The molecule has 7 heteroatoms. The first-order valence-electron chi connectivity index (χ1n) is 5.42. The lowest BCUT2D eigenvalue weighted by molar-refractivity contribution is -0.151. The van der Waals surface area contributed by atoms with Gasteiger partial charge in [-0.15, -0.1) is 0 Å². The van der Waals surface area contributed by atoms with Gasteiger partial charge in [-0.1, -0.05) is 6.42 Å².